The number of hydrogen-bond acceptors (Lipinski definition) is 5. The minimum absolute atomic E-state index is 0.299. The van der Waals surface area contributed by atoms with Gasteiger partial charge in [0.2, 0.25) is 0 Å². The lowest BCUT2D eigenvalue weighted by Gasteiger charge is -2.36. The van der Waals surface area contributed by atoms with E-state index in [1.807, 2.05) is 0 Å². The molecule has 0 amide bonds. The molecule has 1 unspecified atom stereocenters. The van der Waals surface area contributed by atoms with Gasteiger partial charge >= 0.3 is 7.12 Å². The van der Waals surface area contributed by atoms with Gasteiger partial charge in [-0.1, -0.05) is 6.07 Å². The number of likely N-dealkylation sites (N-methyl/N-ethyl adjacent to an activating group) is 1. The van der Waals surface area contributed by atoms with E-state index in [4.69, 9.17) is 9.31 Å². The van der Waals surface area contributed by atoms with Crippen LogP contribution in [0.3, 0.4) is 0 Å². The van der Waals surface area contributed by atoms with Gasteiger partial charge in [0, 0.05) is 19.6 Å². The third kappa shape index (κ3) is 2.35. The minimum atomic E-state index is -0.301. The van der Waals surface area contributed by atoms with Crippen LogP contribution in [0.5, 0.6) is 0 Å². The van der Waals surface area contributed by atoms with Crippen LogP contribution < -0.4 is 15.7 Å². The van der Waals surface area contributed by atoms with E-state index in [1.54, 1.807) is 0 Å². The van der Waals surface area contributed by atoms with Gasteiger partial charge in [0.1, 0.15) is 6.17 Å². The lowest BCUT2D eigenvalue weighted by atomic mass is 9.79. The Morgan fingerprint density at radius 1 is 1.13 bits per heavy atom. The van der Waals surface area contributed by atoms with Crippen LogP contribution in [0.4, 0.5) is 11.4 Å². The quantitative estimate of drug-likeness (QED) is 0.795. The zero-order chi connectivity index (χ0) is 16.4. The lowest BCUT2D eigenvalue weighted by molar-refractivity contribution is 0.00578. The molecule has 3 heterocycles. The van der Waals surface area contributed by atoms with Gasteiger partial charge in [-0.05, 0) is 52.3 Å². The van der Waals surface area contributed by atoms with Crippen molar-refractivity contribution in [3.63, 3.8) is 0 Å². The van der Waals surface area contributed by atoms with Crippen molar-refractivity contribution in [1.29, 1.82) is 0 Å². The maximum absolute atomic E-state index is 6.17. The Balaban J connectivity index is 1.60. The van der Waals surface area contributed by atoms with Crippen molar-refractivity contribution >= 4 is 24.0 Å². The molecular formula is C17H26BN3O2. The molecule has 5 nitrogen and oxygen atoms in total. The SMILES string of the molecule is CN1CCN2c3ccc(B4OC(C)(C)C(C)(C)O4)cc3NC2C1. The van der Waals surface area contributed by atoms with E-state index >= 15 is 0 Å². The highest BCUT2D eigenvalue weighted by atomic mass is 16.7. The highest BCUT2D eigenvalue weighted by Gasteiger charge is 2.52. The van der Waals surface area contributed by atoms with E-state index in [-0.39, 0.29) is 18.3 Å². The van der Waals surface area contributed by atoms with E-state index in [0.29, 0.717) is 6.17 Å². The molecule has 1 atom stereocenters. The number of benzene rings is 1. The zero-order valence-corrected chi connectivity index (χ0v) is 14.7. The van der Waals surface area contributed by atoms with E-state index < -0.39 is 0 Å². The van der Waals surface area contributed by atoms with Gasteiger partial charge in [-0.15, -0.1) is 0 Å². The Bertz CT molecular complexity index is 618. The van der Waals surface area contributed by atoms with Crippen LogP contribution in [0, 0.1) is 0 Å². The summed E-state index contributed by atoms with van der Waals surface area (Å²) in [6.45, 7) is 11.6. The van der Waals surface area contributed by atoms with Gasteiger partial charge in [0.05, 0.1) is 22.6 Å². The molecule has 4 rings (SSSR count). The molecule has 1 aromatic carbocycles. The molecule has 2 fully saturated rings. The minimum Gasteiger partial charge on any atom is -0.399 e. The van der Waals surface area contributed by atoms with Crippen molar-refractivity contribution in [2.24, 2.45) is 0 Å². The first-order valence-electron chi connectivity index (χ1n) is 8.48. The van der Waals surface area contributed by atoms with Crippen LogP contribution in [0.1, 0.15) is 27.7 Å². The van der Waals surface area contributed by atoms with Crippen LogP contribution in [0.15, 0.2) is 18.2 Å². The highest BCUT2D eigenvalue weighted by Crippen LogP contribution is 2.38. The second kappa shape index (κ2) is 4.88. The Hall–Kier alpha value is -1.24. The third-order valence-corrected chi connectivity index (χ3v) is 5.76. The van der Waals surface area contributed by atoms with Gasteiger partial charge in [0.25, 0.3) is 0 Å². The fraction of sp³-hybridized carbons (Fsp3) is 0.647. The highest BCUT2D eigenvalue weighted by molar-refractivity contribution is 6.62. The predicted octanol–water partition coefficient (Wildman–Crippen LogP) is 1.49. The Morgan fingerprint density at radius 2 is 1.83 bits per heavy atom. The largest absolute Gasteiger partial charge is 0.494 e. The molecule has 0 bridgehead atoms. The summed E-state index contributed by atoms with van der Waals surface area (Å²) in [5.41, 5.74) is 2.97. The van der Waals surface area contributed by atoms with Crippen LogP contribution in [-0.4, -0.2) is 56.1 Å². The standard InChI is InChI=1S/C17H26BN3O2/c1-16(2)17(3,4)23-18(22-16)12-6-7-14-13(10-12)19-15-11-20(5)8-9-21(14)15/h6-7,10,15,19H,8-9,11H2,1-5H3. The van der Waals surface area contributed by atoms with Crippen LogP contribution in [0.25, 0.3) is 0 Å². The number of fused-ring (bicyclic) bond motifs is 3. The van der Waals surface area contributed by atoms with Crippen molar-refractivity contribution in [2.75, 3.05) is 36.9 Å². The number of piperazine rings is 1. The van der Waals surface area contributed by atoms with Crippen molar-refractivity contribution < 1.29 is 9.31 Å². The maximum Gasteiger partial charge on any atom is 0.494 e. The monoisotopic (exact) mass is 315 g/mol. The van der Waals surface area contributed by atoms with Gasteiger partial charge < -0.3 is 24.4 Å². The average Bonchev–Trinajstić information content (AvgIpc) is 2.91. The summed E-state index contributed by atoms with van der Waals surface area (Å²) in [5.74, 6) is 0. The van der Waals surface area contributed by atoms with Crippen molar-refractivity contribution in [1.82, 2.24) is 4.90 Å². The first-order valence-corrected chi connectivity index (χ1v) is 8.48. The first-order chi connectivity index (χ1) is 10.8. The molecule has 3 aliphatic rings. The van der Waals surface area contributed by atoms with Crippen molar-refractivity contribution in [2.45, 2.75) is 45.1 Å². The fourth-order valence-corrected chi connectivity index (χ4v) is 3.56. The first kappa shape index (κ1) is 15.3. The van der Waals surface area contributed by atoms with E-state index in [9.17, 15) is 0 Å². The van der Waals surface area contributed by atoms with E-state index in [0.717, 1.165) is 25.1 Å². The van der Waals surface area contributed by atoms with Gasteiger partial charge in [0.15, 0.2) is 0 Å². The molecular weight excluding hydrogens is 289 g/mol. The topological polar surface area (TPSA) is 37.0 Å². The summed E-state index contributed by atoms with van der Waals surface area (Å²) in [4.78, 5) is 4.83. The fourth-order valence-electron chi connectivity index (χ4n) is 3.56. The van der Waals surface area contributed by atoms with Crippen LogP contribution in [-0.2, 0) is 9.31 Å². The zero-order valence-electron chi connectivity index (χ0n) is 14.7. The summed E-state index contributed by atoms with van der Waals surface area (Å²) in [6.07, 6.45) is 0.372. The number of nitrogens with zero attached hydrogens (tertiary/aromatic N) is 2. The molecule has 0 aliphatic carbocycles. The molecule has 3 aliphatic heterocycles. The summed E-state index contributed by atoms with van der Waals surface area (Å²) < 4.78 is 12.3. The van der Waals surface area contributed by atoms with E-state index in [1.165, 1.54) is 11.4 Å². The van der Waals surface area contributed by atoms with Gasteiger partial charge in [-0.25, -0.2) is 0 Å². The van der Waals surface area contributed by atoms with Crippen LogP contribution >= 0.6 is 0 Å². The molecule has 0 aromatic heterocycles. The molecule has 6 heteroatoms. The second-order valence-corrected chi connectivity index (χ2v) is 7.98. The molecule has 2 saturated heterocycles. The molecule has 23 heavy (non-hydrogen) atoms. The number of hydrogen-bond donors (Lipinski definition) is 1. The summed E-state index contributed by atoms with van der Waals surface area (Å²) in [5, 5.41) is 3.65. The number of nitrogens with one attached hydrogen (secondary N) is 1. The van der Waals surface area contributed by atoms with Crippen molar-refractivity contribution in [3.8, 4) is 0 Å². The average molecular weight is 315 g/mol. The van der Waals surface area contributed by atoms with E-state index in [2.05, 4.69) is 68.1 Å². The summed E-state index contributed by atoms with van der Waals surface area (Å²) in [7, 11) is 1.88. The molecule has 0 saturated carbocycles. The smallest absolute Gasteiger partial charge is 0.399 e. The molecule has 0 radical (unpaired) electrons. The van der Waals surface area contributed by atoms with Crippen molar-refractivity contribution in [3.05, 3.63) is 18.2 Å². The summed E-state index contributed by atoms with van der Waals surface area (Å²) in [6, 6.07) is 6.53. The number of anilines is 2. The Kier molecular flexibility index (Phi) is 3.25. The Labute approximate surface area is 139 Å². The third-order valence-electron chi connectivity index (χ3n) is 5.76. The molecule has 124 valence electrons. The summed E-state index contributed by atoms with van der Waals surface area (Å²) >= 11 is 0. The maximum atomic E-state index is 6.17. The van der Waals surface area contributed by atoms with Gasteiger partial charge in [-0.2, -0.15) is 0 Å². The molecule has 0 spiro atoms. The van der Waals surface area contributed by atoms with Crippen LogP contribution in [0.2, 0.25) is 0 Å². The number of rotatable bonds is 1. The van der Waals surface area contributed by atoms with Gasteiger partial charge in [-0.3, -0.25) is 0 Å². The second-order valence-electron chi connectivity index (χ2n) is 7.98. The Morgan fingerprint density at radius 3 is 2.52 bits per heavy atom. The molecule has 1 aromatic rings. The predicted molar refractivity (Wildman–Crippen MR) is 94.4 cm³/mol. The molecule has 1 N–H and O–H groups in total. The normalized spacial score (nSPS) is 28.5. The lowest BCUT2D eigenvalue weighted by Crippen LogP contribution is -2.52.